The van der Waals surface area contributed by atoms with Crippen LogP contribution in [0.5, 0.6) is 0 Å². The zero-order valence-corrected chi connectivity index (χ0v) is 14.1. The molecule has 2 N–H and O–H groups in total. The fourth-order valence-corrected chi connectivity index (χ4v) is 2.94. The Morgan fingerprint density at radius 2 is 2.13 bits per heavy atom. The number of rotatable bonds is 4. The van der Waals surface area contributed by atoms with Gasteiger partial charge >= 0.3 is 12.0 Å². The summed E-state index contributed by atoms with van der Waals surface area (Å²) in [6.45, 7) is 7.69. The summed E-state index contributed by atoms with van der Waals surface area (Å²) >= 11 is 0. The van der Waals surface area contributed by atoms with Crippen molar-refractivity contribution in [1.82, 2.24) is 10.2 Å². The number of aliphatic carboxylic acids is 1. The number of aryl methyl sites for hydroxylation is 1. The van der Waals surface area contributed by atoms with E-state index in [0.29, 0.717) is 26.1 Å². The summed E-state index contributed by atoms with van der Waals surface area (Å²) < 4.78 is 0. The Bertz CT molecular complexity index is 583. The topological polar surface area (TPSA) is 69.6 Å². The minimum absolute atomic E-state index is 0.170. The molecule has 0 aromatic heterocycles. The number of carboxylic acids is 1. The van der Waals surface area contributed by atoms with Gasteiger partial charge in [-0.15, -0.1) is 0 Å². The van der Waals surface area contributed by atoms with E-state index >= 15 is 0 Å². The van der Waals surface area contributed by atoms with Crippen LogP contribution in [0.2, 0.25) is 0 Å². The monoisotopic (exact) mass is 318 g/mol. The van der Waals surface area contributed by atoms with Gasteiger partial charge in [0.1, 0.15) is 0 Å². The van der Waals surface area contributed by atoms with E-state index < -0.39 is 11.9 Å². The molecule has 1 aromatic carbocycles. The zero-order chi connectivity index (χ0) is 17.0. The van der Waals surface area contributed by atoms with Crippen molar-refractivity contribution in [3.63, 3.8) is 0 Å². The molecule has 0 aliphatic carbocycles. The number of benzene rings is 1. The van der Waals surface area contributed by atoms with Gasteiger partial charge in [0.25, 0.3) is 0 Å². The standard InChI is InChI=1S/C18H26N2O3/c1-13-6-4-8-15(10-13)18(2,3)12-19-17(23)20-9-5-7-14(11-20)16(21)22/h4,6,8,10,14H,5,7,9,11-12H2,1-3H3,(H,19,23)(H,21,22). The van der Waals surface area contributed by atoms with Crippen molar-refractivity contribution in [3.8, 4) is 0 Å². The highest BCUT2D eigenvalue weighted by Crippen LogP contribution is 2.23. The summed E-state index contributed by atoms with van der Waals surface area (Å²) in [5.41, 5.74) is 2.20. The molecule has 1 aromatic rings. The number of urea groups is 1. The van der Waals surface area contributed by atoms with Gasteiger partial charge in [-0.05, 0) is 25.3 Å². The lowest BCUT2D eigenvalue weighted by Crippen LogP contribution is -2.49. The lowest BCUT2D eigenvalue weighted by atomic mass is 9.84. The second-order valence-electron chi connectivity index (χ2n) is 7.04. The third kappa shape index (κ3) is 4.47. The van der Waals surface area contributed by atoms with Crippen LogP contribution in [-0.4, -0.2) is 41.6 Å². The average Bonchev–Trinajstić information content (AvgIpc) is 2.53. The van der Waals surface area contributed by atoms with Crippen LogP contribution in [-0.2, 0) is 10.2 Å². The smallest absolute Gasteiger partial charge is 0.317 e. The predicted octanol–water partition coefficient (Wildman–Crippen LogP) is 2.78. The van der Waals surface area contributed by atoms with Crippen LogP contribution in [0.4, 0.5) is 4.79 Å². The molecular formula is C18H26N2O3. The van der Waals surface area contributed by atoms with Crippen molar-refractivity contribution in [2.24, 2.45) is 5.92 Å². The van der Waals surface area contributed by atoms with Gasteiger partial charge in [-0.2, -0.15) is 0 Å². The lowest BCUT2D eigenvalue weighted by Gasteiger charge is -2.32. The van der Waals surface area contributed by atoms with E-state index in [1.54, 1.807) is 4.90 Å². The Balaban J connectivity index is 1.94. The van der Waals surface area contributed by atoms with Gasteiger partial charge in [-0.25, -0.2) is 4.79 Å². The van der Waals surface area contributed by atoms with Crippen molar-refractivity contribution in [2.45, 2.75) is 39.0 Å². The maximum Gasteiger partial charge on any atom is 0.317 e. The normalized spacial score (nSPS) is 18.6. The summed E-state index contributed by atoms with van der Waals surface area (Å²) in [5.74, 6) is -1.26. The number of nitrogens with one attached hydrogen (secondary N) is 1. The molecule has 1 aliphatic heterocycles. The Morgan fingerprint density at radius 1 is 1.39 bits per heavy atom. The van der Waals surface area contributed by atoms with Gasteiger partial charge in [0, 0.05) is 25.0 Å². The highest BCUT2D eigenvalue weighted by atomic mass is 16.4. The number of carbonyl (C=O) groups is 2. The molecule has 5 nitrogen and oxygen atoms in total. The number of likely N-dealkylation sites (tertiary alicyclic amines) is 1. The van der Waals surface area contributed by atoms with E-state index in [2.05, 4.69) is 44.3 Å². The third-order valence-corrected chi connectivity index (χ3v) is 4.54. The molecule has 126 valence electrons. The van der Waals surface area contributed by atoms with Gasteiger partial charge in [0.2, 0.25) is 0 Å². The van der Waals surface area contributed by atoms with Crippen molar-refractivity contribution < 1.29 is 14.7 Å². The SMILES string of the molecule is Cc1cccc(C(C)(C)CNC(=O)N2CCCC(C(=O)O)C2)c1. The summed E-state index contributed by atoms with van der Waals surface area (Å²) in [6, 6.07) is 8.11. The van der Waals surface area contributed by atoms with Gasteiger partial charge < -0.3 is 15.3 Å². The molecule has 0 saturated carbocycles. The first-order valence-corrected chi connectivity index (χ1v) is 8.12. The highest BCUT2D eigenvalue weighted by molar-refractivity contribution is 5.76. The summed E-state index contributed by atoms with van der Waals surface area (Å²) in [6.07, 6.45) is 1.39. The Hall–Kier alpha value is -2.04. The summed E-state index contributed by atoms with van der Waals surface area (Å²) in [4.78, 5) is 25.1. The Morgan fingerprint density at radius 3 is 2.78 bits per heavy atom. The van der Waals surface area contributed by atoms with Crippen LogP contribution in [0.15, 0.2) is 24.3 Å². The molecule has 1 unspecified atom stereocenters. The van der Waals surface area contributed by atoms with Crippen LogP contribution in [0.25, 0.3) is 0 Å². The van der Waals surface area contributed by atoms with Crippen LogP contribution in [0.1, 0.15) is 37.8 Å². The maximum atomic E-state index is 12.3. The van der Waals surface area contributed by atoms with Crippen molar-refractivity contribution >= 4 is 12.0 Å². The van der Waals surface area contributed by atoms with E-state index in [1.165, 1.54) is 11.1 Å². The fraction of sp³-hybridized carbons (Fsp3) is 0.556. The van der Waals surface area contributed by atoms with E-state index in [0.717, 1.165) is 6.42 Å². The molecule has 0 radical (unpaired) electrons. The molecule has 5 heteroatoms. The molecule has 1 aliphatic rings. The van der Waals surface area contributed by atoms with Crippen molar-refractivity contribution in [1.29, 1.82) is 0 Å². The number of nitrogens with zero attached hydrogens (tertiary/aromatic N) is 1. The average molecular weight is 318 g/mol. The molecule has 0 spiro atoms. The Labute approximate surface area is 137 Å². The number of amides is 2. The minimum Gasteiger partial charge on any atom is -0.481 e. The van der Waals surface area contributed by atoms with Crippen LogP contribution in [0, 0.1) is 12.8 Å². The molecule has 1 fully saturated rings. The largest absolute Gasteiger partial charge is 0.481 e. The molecule has 0 bridgehead atoms. The van der Waals surface area contributed by atoms with Crippen molar-refractivity contribution in [2.75, 3.05) is 19.6 Å². The zero-order valence-electron chi connectivity index (χ0n) is 14.1. The van der Waals surface area contributed by atoms with E-state index in [1.807, 2.05) is 6.07 Å². The number of hydrogen-bond acceptors (Lipinski definition) is 2. The molecule has 1 heterocycles. The predicted molar refractivity (Wildman–Crippen MR) is 89.5 cm³/mol. The molecule has 1 atom stereocenters. The molecule has 23 heavy (non-hydrogen) atoms. The number of carboxylic acid groups (broad SMARTS) is 1. The highest BCUT2D eigenvalue weighted by Gasteiger charge is 2.29. The molecule has 1 saturated heterocycles. The van der Waals surface area contributed by atoms with Gasteiger partial charge in [-0.3, -0.25) is 4.79 Å². The number of hydrogen-bond donors (Lipinski definition) is 2. The first-order valence-electron chi connectivity index (χ1n) is 8.12. The first-order chi connectivity index (χ1) is 10.8. The van der Waals surface area contributed by atoms with Gasteiger partial charge in [-0.1, -0.05) is 43.7 Å². The fourth-order valence-electron chi connectivity index (χ4n) is 2.94. The van der Waals surface area contributed by atoms with E-state index in [4.69, 9.17) is 5.11 Å². The lowest BCUT2D eigenvalue weighted by molar-refractivity contribution is -0.143. The van der Waals surface area contributed by atoms with Gasteiger partial charge in [0.15, 0.2) is 0 Å². The molecule has 2 amide bonds. The Kier molecular flexibility index (Phi) is 5.29. The maximum absolute atomic E-state index is 12.3. The van der Waals surface area contributed by atoms with Gasteiger partial charge in [0.05, 0.1) is 5.92 Å². The number of carbonyl (C=O) groups excluding carboxylic acids is 1. The number of piperidine rings is 1. The third-order valence-electron chi connectivity index (χ3n) is 4.54. The second-order valence-corrected chi connectivity index (χ2v) is 7.04. The molecule has 2 rings (SSSR count). The van der Waals surface area contributed by atoms with Crippen LogP contribution < -0.4 is 5.32 Å². The summed E-state index contributed by atoms with van der Waals surface area (Å²) in [5, 5.41) is 12.1. The van der Waals surface area contributed by atoms with Crippen LogP contribution >= 0.6 is 0 Å². The first kappa shape index (κ1) is 17.3. The summed E-state index contributed by atoms with van der Waals surface area (Å²) in [7, 11) is 0. The van der Waals surface area contributed by atoms with Crippen molar-refractivity contribution in [3.05, 3.63) is 35.4 Å². The van der Waals surface area contributed by atoms with E-state index in [-0.39, 0.29) is 11.4 Å². The minimum atomic E-state index is -0.817. The van der Waals surface area contributed by atoms with E-state index in [9.17, 15) is 9.59 Å². The second kappa shape index (κ2) is 7.02. The van der Waals surface area contributed by atoms with Crippen LogP contribution in [0.3, 0.4) is 0 Å². The molecular weight excluding hydrogens is 292 g/mol. The quantitative estimate of drug-likeness (QED) is 0.897.